The highest BCUT2D eigenvalue weighted by molar-refractivity contribution is 6.30. The van der Waals surface area contributed by atoms with Crippen LogP contribution in [0.3, 0.4) is 0 Å². The molecule has 0 spiro atoms. The molecule has 0 atom stereocenters. The zero-order valence-corrected chi connectivity index (χ0v) is 12.4. The lowest BCUT2D eigenvalue weighted by Gasteiger charge is -2.10. The fraction of sp³-hybridized carbons (Fsp3) is 0.125. The van der Waals surface area contributed by atoms with Gasteiger partial charge in [0, 0.05) is 12.1 Å². The largest absolute Gasteiger partial charge is 0.422 e. The van der Waals surface area contributed by atoms with Gasteiger partial charge in [-0.05, 0) is 48.9 Å². The second-order valence-electron chi connectivity index (χ2n) is 4.48. The molecule has 0 heterocycles. The van der Waals surface area contributed by atoms with E-state index in [2.05, 4.69) is 5.32 Å². The molecule has 0 saturated heterocycles. The first-order chi connectivity index (χ1) is 10.0. The number of nitrogens with one attached hydrogen (secondary N) is 1. The Balaban J connectivity index is 2.30. The number of aryl methyl sites for hydroxylation is 1. The molecule has 5 heteroatoms. The zero-order valence-electron chi connectivity index (χ0n) is 11.6. The van der Waals surface area contributed by atoms with Gasteiger partial charge in [-0.1, -0.05) is 17.7 Å². The third-order valence-electron chi connectivity index (χ3n) is 2.89. The molecule has 2 rings (SSSR count). The molecule has 2 aromatic carbocycles. The Bertz CT molecular complexity index is 680. The van der Waals surface area contributed by atoms with Crippen LogP contribution in [-0.4, -0.2) is 18.9 Å². The number of rotatable bonds is 3. The summed E-state index contributed by atoms with van der Waals surface area (Å²) in [5, 5.41) is 3.05. The van der Waals surface area contributed by atoms with E-state index in [1.165, 1.54) is 7.05 Å². The lowest BCUT2D eigenvalue weighted by Crippen LogP contribution is -2.20. The minimum Gasteiger partial charge on any atom is -0.422 e. The van der Waals surface area contributed by atoms with Gasteiger partial charge in [-0.3, -0.25) is 4.79 Å². The molecular formula is C16H14ClNO3. The first kappa shape index (κ1) is 15.1. The highest BCUT2D eigenvalue weighted by Gasteiger charge is 2.15. The zero-order chi connectivity index (χ0) is 15.4. The molecule has 2 aromatic rings. The van der Waals surface area contributed by atoms with Crippen LogP contribution in [0.5, 0.6) is 5.75 Å². The van der Waals surface area contributed by atoms with Crippen molar-refractivity contribution in [3.63, 3.8) is 0 Å². The van der Waals surface area contributed by atoms with Gasteiger partial charge in [-0.2, -0.15) is 0 Å². The van der Waals surface area contributed by atoms with Gasteiger partial charge >= 0.3 is 5.97 Å². The summed E-state index contributed by atoms with van der Waals surface area (Å²) < 4.78 is 5.33. The van der Waals surface area contributed by atoms with Crippen LogP contribution in [0, 0.1) is 6.92 Å². The van der Waals surface area contributed by atoms with Crippen LogP contribution in [0.2, 0.25) is 5.02 Å². The van der Waals surface area contributed by atoms with Crippen molar-refractivity contribution in [3.05, 3.63) is 64.2 Å². The van der Waals surface area contributed by atoms with E-state index in [1.54, 1.807) is 42.5 Å². The van der Waals surface area contributed by atoms with Crippen molar-refractivity contribution in [2.75, 3.05) is 7.05 Å². The lowest BCUT2D eigenvalue weighted by molar-refractivity contribution is 0.0732. The maximum absolute atomic E-state index is 12.1. The average molecular weight is 304 g/mol. The molecule has 0 bridgehead atoms. The van der Waals surface area contributed by atoms with Gasteiger partial charge in [0.25, 0.3) is 5.91 Å². The smallest absolute Gasteiger partial charge is 0.343 e. The van der Waals surface area contributed by atoms with Crippen LogP contribution in [-0.2, 0) is 0 Å². The van der Waals surface area contributed by atoms with E-state index in [0.29, 0.717) is 16.1 Å². The molecular weight excluding hydrogens is 290 g/mol. The predicted molar refractivity (Wildman–Crippen MR) is 81.0 cm³/mol. The Hall–Kier alpha value is -2.33. The molecule has 0 aliphatic heterocycles. The van der Waals surface area contributed by atoms with Crippen LogP contribution in [0.1, 0.15) is 26.3 Å². The van der Waals surface area contributed by atoms with E-state index in [-0.39, 0.29) is 11.7 Å². The quantitative estimate of drug-likeness (QED) is 0.699. The number of hydrogen-bond donors (Lipinski definition) is 1. The lowest BCUT2D eigenvalue weighted by atomic mass is 10.1. The van der Waals surface area contributed by atoms with Crippen molar-refractivity contribution in [1.29, 1.82) is 0 Å². The van der Waals surface area contributed by atoms with Gasteiger partial charge < -0.3 is 10.1 Å². The Morgan fingerprint density at radius 3 is 2.38 bits per heavy atom. The van der Waals surface area contributed by atoms with Crippen molar-refractivity contribution >= 4 is 23.5 Å². The molecule has 1 N–H and O–H groups in total. The van der Waals surface area contributed by atoms with E-state index >= 15 is 0 Å². The molecule has 0 saturated carbocycles. The maximum atomic E-state index is 12.1. The monoisotopic (exact) mass is 303 g/mol. The van der Waals surface area contributed by atoms with Crippen LogP contribution in [0.25, 0.3) is 0 Å². The van der Waals surface area contributed by atoms with Crippen LogP contribution >= 0.6 is 11.6 Å². The standard InChI is InChI=1S/C16H14ClNO3/c1-10-3-8-13(15(19)18-2)14(9-10)21-16(20)11-4-6-12(17)7-5-11/h3-9H,1-2H3,(H,18,19). The SMILES string of the molecule is CNC(=O)c1ccc(C)cc1OC(=O)c1ccc(Cl)cc1. The summed E-state index contributed by atoms with van der Waals surface area (Å²) in [7, 11) is 1.52. The molecule has 0 aromatic heterocycles. The summed E-state index contributed by atoms with van der Waals surface area (Å²) in [6, 6.07) is 11.4. The first-order valence-electron chi connectivity index (χ1n) is 6.31. The number of hydrogen-bond acceptors (Lipinski definition) is 3. The predicted octanol–water partition coefficient (Wildman–Crippen LogP) is 3.23. The van der Waals surface area contributed by atoms with Gasteiger partial charge in [0.2, 0.25) is 0 Å². The van der Waals surface area contributed by atoms with Crippen LogP contribution in [0.15, 0.2) is 42.5 Å². The van der Waals surface area contributed by atoms with Crippen molar-refractivity contribution in [3.8, 4) is 5.75 Å². The van der Waals surface area contributed by atoms with Crippen LogP contribution in [0.4, 0.5) is 0 Å². The highest BCUT2D eigenvalue weighted by atomic mass is 35.5. The Morgan fingerprint density at radius 1 is 1.10 bits per heavy atom. The van der Waals surface area contributed by atoms with Gasteiger partial charge in [-0.25, -0.2) is 4.79 Å². The van der Waals surface area contributed by atoms with E-state index in [0.717, 1.165) is 5.56 Å². The van der Waals surface area contributed by atoms with Crippen molar-refractivity contribution in [2.45, 2.75) is 6.92 Å². The summed E-state index contributed by atoms with van der Waals surface area (Å²) in [5.74, 6) is -0.620. The molecule has 0 aliphatic rings. The number of carbonyl (C=O) groups is 2. The molecule has 4 nitrogen and oxygen atoms in total. The summed E-state index contributed by atoms with van der Waals surface area (Å²) in [6.07, 6.45) is 0. The number of ether oxygens (including phenoxy) is 1. The molecule has 1 amide bonds. The number of amides is 1. The normalized spacial score (nSPS) is 10.0. The van der Waals surface area contributed by atoms with Gasteiger partial charge in [0.05, 0.1) is 11.1 Å². The fourth-order valence-electron chi connectivity index (χ4n) is 1.78. The average Bonchev–Trinajstić information content (AvgIpc) is 2.47. The van der Waals surface area contributed by atoms with Crippen molar-refractivity contribution in [1.82, 2.24) is 5.32 Å². The topological polar surface area (TPSA) is 55.4 Å². The van der Waals surface area contributed by atoms with E-state index in [1.807, 2.05) is 6.92 Å². The van der Waals surface area contributed by atoms with Crippen LogP contribution < -0.4 is 10.1 Å². The summed E-state index contributed by atoms with van der Waals surface area (Å²) in [4.78, 5) is 23.9. The molecule has 108 valence electrons. The highest BCUT2D eigenvalue weighted by Crippen LogP contribution is 2.22. The van der Waals surface area contributed by atoms with E-state index in [9.17, 15) is 9.59 Å². The molecule has 0 aliphatic carbocycles. The van der Waals surface area contributed by atoms with E-state index < -0.39 is 5.97 Å². The minimum absolute atomic E-state index is 0.231. The summed E-state index contributed by atoms with van der Waals surface area (Å²) >= 11 is 5.78. The molecule has 0 unspecified atom stereocenters. The minimum atomic E-state index is -0.539. The maximum Gasteiger partial charge on any atom is 0.343 e. The summed E-state index contributed by atoms with van der Waals surface area (Å²) in [6.45, 7) is 1.85. The summed E-state index contributed by atoms with van der Waals surface area (Å²) in [5.41, 5.74) is 1.57. The number of esters is 1. The number of halogens is 1. The van der Waals surface area contributed by atoms with Gasteiger partial charge in [-0.15, -0.1) is 0 Å². The molecule has 0 radical (unpaired) electrons. The second kappa shape index (κ2) is 6.41. The number of benzene rings is 2. The third kappa shape index (κ3) is 3.61. The molecule has 21 heavy (non-hydrogen) atoms. The Labute approximate surface area is 127 Å². The Morgan fingerprint density at radius 2 is 1.76 bits per heavy atom. The fourth-order valence-corrected chi connectivity index (χ4v) is 1.91. The Kier molecular flexibility index (Phi) is 4.60. The van der Waals surface area contributed by atoms with Gasteiger partial charge in [0.1, 0.15) is 5.75 Å². The number of carbonyl (C=O) groups excluding carboxylic acids is 2. The van der Waals surface area contributed by atoms with Crippen molar-refractivity contribution < 1.29 is 14.3 Å². The van der Waals surface area contributed by atoms with E-state index in [4.69, 9.17) is 16.3 Å². The molecule has 0 fully saturated rings. The van der Waals surface area contributed by atoms with Gasteiger partial charge in [0.15, 0.2) is 0 Å². The second-order valence-corrected chi connectivity index (χ2v) is 4.91. The van der Waals surface area contributed by atoms with Crippen molar-refractivity contribution in [2.24, 2.45) is 0 Å². The first-order valence-corrected chi connectivity index (χ1v) is 6.69. The third-order valence-corrected chi connectivity index (χ3v) is 3.14.